The number of aromatic nitrogens is 1. The van der Waals surface area contributed by atoms with Crippen molar-refractivity contribution in [1.29, 1.82) is 0 Å². The average molecular weight is 346 g/mol. The van der Waals surface area contributed by atoms with Crippen molar-refractivity contribution in [3.05, 3.63) is 35.9 Å². The first kappa shape index (κ1) is 16.1. The van der Waals surface area contributed by atoms with Gasteiger partial charge in [-0.05, 0) is 43.7 Å². The monoisotopic (exact) mass is 346 g/mol. The van der Waals surface area contributed by atoms with E-state index in [0.717, 1.165) is 35.1 Å². The Morgan fingerprint density at radius 2 is 2.04 bits per heavy atom. The first-order valence-electron chi connectivity index (χ1n) is 8.99. The number of hydrogen-bond donors (Lipinski definition) is 0. The summed E-state index contributed by atoms with van der Waals surface area (Å²) in [7, 11) is 0. The Bertz CT molecular complexity index is 643. The predicted molar refractivity (Wildman–Crippen MR) is 94.8 cm³/mol. The number of likely N-dealkylation sites (tertiary alicyclic amines) is 1. The molecule has 0 aromatic carbocycles. The van der Waals surface area contributed by atoms with Crippen LogP contribution in [0, 0.1) is 17.8 Å². The maximum Gasteiger partial charge on any atom is 0.230 e. The van der Waals surface area contributed by atoms with E-state index in [9.17, 15) is 9.18 Å². The minimum Gasteiger partial charge on any atom is -0.339 e. The number of carbonyl (C=O) groups is 1. The van der Waals surface area contributed by atoms with Gasteiger partial charge in [0.1, 0.15) is 0 Å². The van der Waals surface area contributed by atoms with Gasteiger partial charge in [-0.15, -0.1) is 11.8 Å². The summed E-state index contributed by atoms with van der Waals surface area (Å²) >= 11 is 1.68. The maximum atomic E-state index is 13.1. The number of piperidine rings is 1. The summed E-state index contributed by atoms with van der Waals surface area (Å²) in [6, 6.07) is 3.59. The quantitative estimate of drug-likeness (QED) is 0.756. The summed E-state index contributed by atoms with van der Waals surface area (Å²) in [6.07, 6.45) is 11.1. The van der Waals surface area contributed by atoms with Crippen LogP contribution in [0.5, 0.6) is 0 Å². The number of nitrogens with zero attached hydrogens (tertiary/aromatic N) is 2. The Morgan fingerprint density at radius 1 is 1.21 bits per heavy atom. The molecule has 3 unspecified atom stereocenters. The van der Waals surface area contributed by atoms with E-state index in [2.05, 4.69) is 16.0 Å². The van der Waals surface area contributed by atoms with Crippen LogP contribution >= 0.6 is 11.8 Å². The highest BCUT2D eigenvalue weighted by molar-refractivity contribution is 8.08. The van der Waals surface area contributed by atoms with Gasteiger partial charge in [-0.2, -0.15) is 4.39 Å². The van der Waals surface area contributed by atoms with Gasteiger partial charge in [0.05, 0.1) is 5.92 Å². The zero-order valence-corrected chi connectivity index (χ0v) is 14.6. The molecule has 0 radical (unpaired) electrons. The standard InChI is InChI=1S/C19H23FN2OS/c20-18-8-7-14(11-21-18)17-10-15(12-24-17)19(23)22-9-3-5-13-4-1-2-6-16(13)22/h7-8,10-11,13,15-16H,1-6,9,12H2. The number of rotatable bonds is 2. The molecule has 128 valence electrons. The molecule has 2 aliphatic heterocycles. The number of amides is 1. The van der Waals surface area contributed by atoms with Crippen molar-refractivity contribution < 1.29 is 9.18 Å². The van der Waals surface area contributed by atoms with Crippen LogP contribution in [-0.4, -0.2) is 34.1 Å². The van der Waals surface area contributed by atoms with E-state index in [1.165, 1.54) is 38.2 Å². The summed E-state index contributed by atoms with van der Waals surface area (Å²) < 4.78 is 13.0. The summed E-state index contributed by atoms with van der Waals surface area (Å²) in [6.45, 7) is 0.919. The first-order chi connectivity index (χ1) is 11.7. The summed E-state index contributed by atoms with van der Waals surface area (Å²) in [4.78, 5) is 20.0. The third-order valence-electron chi connectivity index (χ3n) is 5.63. The Labute approximate surface area is 146 Å². The van der Waals surface area contributed by atoms with Crippen molar-refractivity contribution in [2.75, 3.05) is 12.3 Å². The Morgan fingerprint density at radius 3 is 2.88 bits per heavy atom. The Kier molecular flexibility index (Phi) is 4.61. The molecular weight excluding hydrogens is 323 g/mol. The van der Waals surface area contributed by atoms with Crippen LogP contribution in [0.2, 0.25) is 0 Å². The topological polar surface area (TPSA) is 33.2 Å². The minimum atomic E-state index is -0.466. The highest BCUT2D eigenvalue weighted by Crippen LogP contribution is 2.40. The lowest BCUT2D eigenvalue weighted by Gasteiger charge is -2.44. The summed E-state index contributed by atoms with van der Waals surface area (Å²) in [5, 5.41) is 0. The largest absolute Gasteiger partial charge is 0.339 e. The van der Waals surface area contributed by atoms with Crippen molar-refractivity contribution in [2.45, 2.75) is 44.6 Å². The van der Waals surface area contributed by atoms with Crippen LogP contribution in [0.15, 0.2) is 24.4 Å². The molecular formula is C19H23FN2OS. The molecule has 2 fully saturated rings. The lowest BCUT2D eigenvalue weighted by atomic mass is 9.78. The van der Waals surface area contributed by atoms with E-state index in [0.29, 0.717) is 11.9 Å². The Balaban J connectivity index is 1.49. The molecule has 1 saturated heterocycles. The smallest absolute Gasteiger partial charge is 0.230 e. The van der Waals surface area contributed by atoms with Gasteiger partial charge in [-0.1, -0.05) is 18.9 Å². The van der Waals surface area contributed by atoms with E-state index >= 15 is 0 Å². The zero-order chi connectivity index (χ0) is 16.5. The normalized spacial score (nSPS) is 30.0. The van der Waals surface area contributed by atoms with Gasteiger partial charge in [0.15, 0.2) is 0 Å². The van der Waals surface area contributed by atoms with Crippen LogP contribution in [0.1, 0.15) is 44.1 Å². The molecule has 1 saturated carbocycles. The van der Waals surface area contributed by atoms with Crippen LogP contribution < -0.4 is 0 Å². The lowest BCUT2D eigenvalue weighted by Crippen LogP contribution is -2.51. The van der Waals surface area contributed by atoms with Gasteiger partial charge in [0, 0.05) is 35.0 Å². The van der Waals surface area contributed by atoms with Crippen molar-refractivity contribution in [1.82, 2.24) is 9.88 Å². The molecule has 3 atom stereocenters. The second kappa shape index (κ2) is 6.87. The van der Waals surface area contributed by atoms with Crippen LogP contribution in [0.3, 0.4) is 0 Å². The van der Waals surface area contributed by atoms with E-state index < -0.39 is 5.95 Å². The Hall–Kier alpha value is -1.36. The van der Waals surface area contributed by atoms with E-state index in [-0.39, 0.29) is 5.92 Å². The molecule has 5 heteroatoms. The molecule has 3 heterocycles. The second-order valence-corrected chi connectivity index (χ2v) is 8.17. The maximum absolute atomic E-state index is 13.1. The molecule has 4 rings (SSSR count). The van der Waals surface area contributed by atoms with Crippen LogP contribution in [0.4, 0.5) is 4.39 Å². The van der Waals surface area contributed by atoms with Crippen LogP contribution in [0.25, 0.3) is 4.91 Å². The third kappa shape index (κ3) is 3.10. The van der Waals surface area contributed by atoms with Crippen molar-refractivity contribution in [2.24, 2.45) is 11.8 Å². The van der Waals surface area contributed by atoms with Gasteiger partial charge in [0.25, 0.3) is 0 Å². The van der Waals surface area contributed by atoms with Crippen LogP contribution in [-0.2, 0) is 4.79 Å². The minimum absolute atomic E-state index is 0.0456. The van der Waals surface area contributed by atoms with E-state index in [1.807, 2.05) is 0 Å². The molecule has 1 aromatic heterocycles. The van der Waals surface area contributed by atoms with E-state index in [1.54, 1.807) is 24.0 Å². The van der Waals surface area contributed by atoms with Gasteiger partial charge in [-0.25, -0.2) is 4.98 Å². The molecule has 0 bridgehead atoms. The first-order valence-corrected chi connectivity index (χ1v) is 9.98. The highest BCUT2D eigenvalue weighted by atomic mass is 32.2. The van der Waals surface area contributed by atoms with Crippen molar-refractivity contribution in [3.63, 3.8) is 0 Å². The lowest BCUT2D eigenvalue weighted by molar-refractivity contribution is -0.139. The molecule has 0 N–H and O–H groups in total. The van der Waals surface area contributed by atoms with Gasteiger partial charge in [0.2, 0.25) is 11.9 Å². The number of thioether (sulfide) groups is 1. The van der Waals surface area contributed by atoms with Gasteiger partial charge < -0.3 is 4.90 Å². The fourth-order valence-corrected chi connectivity index (χ4v) is 5.56. The summed E-state index contributed by atoms with van der Waals surface area (Å²) in [5.74, 6) is 1.29. The third-order valence-corrected chi connectivity index (χ3v) is 6.83. The molecule has 3 nitrogen and oxygen atoms in total. The fourth-order valence-electron chi connectivity index (χ4n) is 4.41. The van der Waals surface area contributed by atoms with Crippen molar-refractivity contribution >= 4 is 22.6 Å². The summed E-state index contributed by atoms with van der Waals surface area (Å²) in [5.41, 5.74) is 0.908. The predicted octanol–water partition coefficient (Wildman–Crippen LogP) is 4.11. The van der Waals surface area contributed by atoms with Crippen molar-refractivity contribution in [3.8, 4) is 0 Å². The second-order valence-electron chi connectivity index (χ2n) is 7.10. The zero-order valence-electron chi connectivity index (χ0n) is 13.8. The number of fused-ring (bicyclic) bond motifs is 1. The average Bonchev–Trinajstić information content (AvgIpc) is 3.11. The number of carbonyl (C=O) groups excluding carboxylic acids is 1. The highest BCUT2D eigenvalue weighted by Gasteiger charge is 2.38. The molecule has 24 heavy (non-hydrogen) atoms. The molecule has 3 aliphatic rings. The fraction of sp³-hybridized carbons (Fsp3) is 0.579. The number of halogens is 1. The van der Waals surface area contributed by atoms with E-state index in [4.69, 9.17) is 0 Å². The molecule has 1 aromatic rings. The van der Waals surface area contributed by atoms with Gasteiger partial charge in [-0.3, -0.25) is 4.79 Å². The number of hydrogen-bond acceptors (Lipinski definition) is 3. The molecule has 1 amide bonds. The molecule has 1 aliphatic carbocycles. The SMILES string of the molecule is O=C(C1C=C(c2ccc(F)nc2)SC1)N1CCCC2CCCCC21. The number of pyridine rings is 1. The molecule has 0 spiro atoms. The van der Waals surface area contributed by atoms with Gasteiger partial charge >= 0.3 is 0 Å².